The number of ether oxygens (including phenoxy) is 1. The highest BCUT2D eigenvalue weighted by atomic mass is 35.5. The van der Waals surface area contributed by atoms with E-state index in [2.05, 4.69) is 0 Å². The molecule has 1 aromatic carbocycles. The molecule has 0 amide bonds. The number of halogens is 1. The fourth-order valence-electron chi connectivity index (χ4n) is 1.20. The number of hydrogen-bond acceptors (Lipinski definition) is 3. The molecule has 4 heteroatoms. The smallest absolute Gasteiger partial charge is 0.122 e. The zero-order chi connectivity index (χ0) is 9.84. The topological polar surface area (TPSA) is 61.3 Å². The van der Waals surface area contributed by atoms with Crippen LogP contribution in [0.1, 0.15) is 17.2 Å². The van der Waals surface area contributed by atoms with E-state index in [1.165, 1.54) is 0 Å². The molecule has 0 bridgehead atoms. The van der Waals surface area contributed by atoms with Gasteiger partial charge in [0.1, 0.15) is 5.75 Å². The molecular weight excluding hydrogens is 200 g/mol. The molecule has 0 spiro atoms. The molecule has 3 nitrogen and oxygen atoms in total. The maximum Gasteiger partial charge on any atom is 0.122 e. The monoisotopic (exact) mass is 216 g/mol. The van der Waals surface area contributed by atoms with Gasteiger partial charge < -0.3 is 16.2 Å². The minimum Gasteiger partial charge on any atom is -0.496 e. The van der Waals surface area contributed by atoms with Crippen molar-refractivity contribution in [3.63, 3.8) is 0 Å². The fraction of sp³-hybridized carbons (Fsp3) is 0.400. The van der Waals surface area contributed by atoms with Crippen molar-refractivity contribution in [2.75, 3.05) is 13.7 Å². The lowest BCUT2D eigenvalue weighted by atomic mass is 10.1. The normalized spacial score (nSPS) is 11.7. The van der Waals surface area contributed by atoms with Crippen molar-refractivity contribution in [1.82, 2.24) is 0 Å². The van der Waals surface area contributed by atoms with Gasteiger partial charge in [0.05, 0.1) is 7.11 Å². The van der Waals surface area contributed by atoms with E-state index in [1.54, 1.807) is 7.11 Å². The van der Waals surface area contributed by atoms with Gasteiger partial charge in [0.15, 0.2) is 0 Å². The second-order valence-electron chi connectivity index (χ2n) is 3.07. The molecule has 14 heavy (non-hydrogen) atoms. The van der Waals surface area contributed by atoms with Gasteiger partial charge in [-0.25, -0.2) is 0 Å². The van der Waals surface area contributed by atoms with Crippen LogP contribution in [0.25, 0.3) is 0 Å². The molecule has 4 N–H and O–H groups in total. The summed E-state index contributed by atoms with van der Waals surface area (Å²) >= 11 is 0. The van der Waals surface area contributed by atoms with Gasteiger partial charge in [-0.05, 0) is 24.1 Å². The molecule has 1 atom stereocenters. The van der Waals surface area contributed by atoms with Gasteiger partial charge in [0.25, 0.3) is 0 Å². The van der Waals surface area contributed by atoms with Crippen LogP contribution >= 0.6 is 12.4 Å². The highest BCUT2D eigenvalue weighted by Gasteiger charge is 2.05. The molecule has 0 aliphatic heterocycles. The Bertz CT molecular complexity index is 291. The van der Waals surface area contributed by atoms with Crippen LogP contribution in [-0.2, 0) is 0 Å². The maximum absolute atomic E-state index is 5.79. The first-order chi connectivity index (χ1) is 6.19. The third-order valence-corrected chi connectivity index (χ3v) is 2.11. The summed E-state index contributed by atoms with van der Waals surface area (Å²) in [6, 6.07) is 5.81. The average Bonchev–Trinajstić information content (AvgIpc) is 2.17. The summed E-state index contributed by atoms with van der Waals surface area (Å²) in [4.78, 5) is 0. The first-order valence-corrected chi connectivity index (χ1v) is 4.29. The molecule has 0 heterocycles. The number of benzene rings is 1. The van der Waals surface area contributed by atoms with Gasteiger partial charge in [0, 0.05) is 12.6 Å². The SMILES string of the molecule is COc1cc([C@H](N)CN)ccc1C.Cl. The Kier molecular flexibility index (Phi) is 5.53. The van der Waals surface area contributed by atoms with Crippen LogP contribution in [0.4, 0.5) is 0 Å². The minimum absolute atomic E-state index is 0. The molecule has 1 rings (SSSR count). The molecule has 0 radical (unpaired) electrons. The number of rotatable bonds is 3. The lowest BCUT2D eigenvalue weighted by molar-refractivity contribution is 0.410. The third kappa shape index (κ3) is 2.87. The summed E-state index contributed by atoms with van der Waals surface area (Å²) in [5.74, 6) is 0.862. The second kappa shape index (κ2) is 5.86. The first kappa shape index (κ1) is 13.2. The summed E-state index contributed by atoms with van der Waals surface area (Å²) in [6.45, 7) is 2.45. The molecule has 0 aliphatic carbocycles. The molecule has 0 aromatic heterocycles. The predicted molar refractivity (Wildman–Crippen MR) is 61.0 cm³/mol. The fourth-order valence-corrected chi connectivity index (χ4v) is 1.20. The van der Waals surface area contributed by atoms with Crippen molar-refractivity contribution in [2.24, 2.45) is 11.5 Å². The zero-order valence-electron chi connectivity index (χ0n) is 8.49. The van der Waals surface area contributed by atoms with E-state index in [-0.39, 0.29) is 18.4 Å². The number of nitrogens with two attached hydrogens (primary N) is 2. The largest absolute Gasteiger partial charge is 0.496 e. The molecule has 0 unspecified atom stereocenters. The number of methoxy groups -OCH3 is 1. The average molecular weight is 217 g/mol. The Labute approximate surface area is 90.8 Å². The van der Waals surface area contributed by atoms with Crippen molar-refractivity contribution in [3.8, 4) is 5.75 Å². The van der Waals surface area contributed by atoms with E-state index in [0.717, 1.165) is 16.9 Å². The van der Waals surface area contributed by atoms with Crippen LogP contribution < -0.4 is 16.2 Å². The Morgan fingerprint density at radius 1 is 1.43 bits per heavy atom. The summed E-state index contributed by atoms with van der Waals surface area (Å²) < 4.78 is 5.18. The summed E-state index contributed by atoms with van der Waals surface area (Å²) in [5, 5.41) is 0. The van der Waals surface area contributed by atoms with Crippen molar-refractivity contribution in [1.29, 1.82) is 0 Å². The minimum atomic E-state index is -0.102. The number of hydrogen-bond donors (Lipinski definition) is 2. The van der Waals surface area contributed by atoms with E-state index in [1.807, 2.05) is 25.1 Å². The van der Waals surface area contributed by atoms with Crippen LogP contribution in [0.3, 0.4) is 0 Å². The molecule has 0 saturated heterocycles. The Hall–Kier alpha value is -0.770. The molecule has 0 aliphatic rings. The van der Waals surface area contributed by atoms with Crippen LogP contribution in [0.5, 0.6) is 5.75 Å². The molecule has 0 fully saturated rings. The van der Waals surface area contributed by atoms with Gasteiger partial charge in [-0.3, -0.25) is 0 Å². The standard InChI is InChI=1S/C10H16N2O.ClH/c1-7-3-4-8(9(12)6-11)5-10(7)13-2;/h3-5,9H,6,11-12H2,1-2H3;1H/t9-;/m1./s1. The Balaban J connectivity index is 0.00000169. The number of aryl methyl sites for hydroxylation is 1. The van der Waals surface area contributed by atoms with Gasteiger partial charge >= 0.3 is 0 Å². The summed E-state index contributed by atoms with van der Waals surface area (Å²) in [6.07, 6.45) is 0. The highest BCUT2D eigenvalue weighted by molar-refractivity contribution is 5.85. The Morgan fingerprint density at radius 3 is 2.57 bits per heavy atom. The maximum atomic E-state index is 5.79. The van der Waals surface area contributed by atoms with E-state index >= 15 is 0 Å². The predicted octanol–water partition coefficient (Wildman–Crippen LogP) is 1.38. The lowest BCUT2D eigenvalue weighted by Crippen LogP contribution is -2.20. The zero-order valence-corrected chi connectivity index (χ0v) is 9.30. The summed E-state index contributed by atoms with van der Waals surface area (Å²) in [7, 11) is 1.65. The van der Waals surface area contributed by atoms with Crippen molar-refractivity contribution in [3.05, 3.63) is 29.3 Å². The van der Waals surface area contributed by atoms with Gasteiger partial charge in [-0.1, -0.05) is 12.1 Å². The highest BCUT2D eigenvalue weighted by Crippen LogP contribution is 2.21. The molecule has 1 aromatic rings. The van der Waals surface area contributed by atoms with E-state index in [0.29, 0.717) is 6.54 Å². The third-order valence-electron chi connectivity index (χ3n) is 2.11. The van der Waals surface area contributed by atoms with Gasteiger partial charge in [-0.15, -0.1) is 12.4 Å². The van der Waals surface area contributed by atoms with Crippen molar-refractivity contribution < 1.29 is 4.74 Å². The van der Waals surface area contributed by atoms with E-state index in [4.69, 9.17) is 16.2 Å². The van der Waals surface area contributed by atoms with Crippen molar-refractivity contribution in [2.45, 2.75) is 13.0 Å². The first-order valence-electron chi connectivity index (χ1n) is 4.29. The van der Waals surface area contributed by atoms with Crippen LogP contribution in [-0.4, -0.2) is 13.7 Å². The lowest BCUT2D eigenvalue weighted by Gasteiger charge is -2.11. The van der Waals surface area contributed by atoms with Crippen LogP contribution in [0.2, 0.25) is 0 Å². The second-order valence-corrected chi connectivity index (χ2v) is 3.07. The van der Waals surface area contributed by atoms with Gasteiger partial charge in [0.2, 0.25) is 0 Å². The molecule has 0 saturated carbocycles. The van der Waals surface area contributed by atoms with Crippen molar-refractivity contribution >= 4 is 12.4 Å². The van der Waals surface area contributed by atoms with E-state index < -0.39 is 0 Å². The summed E-state index contributed by atoms with van der Waals surface area (Å²) in [5.41, 5.74) is 13.4. The van der Waals surface area contributed by atoms with E-state index in [9.17, 15) is 0 Å². The molecule has 80 valence electrons. The van der Waals surface area contributed by atoms with Crippen LogP contribution in [0.15, 0.2) is 18.2 Å². The van der Waals surface area contributed by atoms with Crippen LogP contribution in [0, 0.1) is 6.92 Å². The van der Waals surface area contributed by atoms with Gasteiger partial charge in [-0.2, -0.15) is 0 Å². The molecular formula is C10H17ClN2O. The Morgan fingerprint density at radius 2 is 2.07 bits per heavy atom. The quantitative estimate of drug-likeness (QED) is 0.803.